The first kappa shape index (κ1) is 19.7. The molecule has 0 saturated carbocycles. The van der Waals surface area contributed by atoms with Crippen molar-refractivity contribution >= 4 is 27.9 Å². The second-order valence-electron chi connectivity index (χ2n) is 5.85. The largest absolute Gasteiger partial charge is 0.462 e. The number of benzene rings is 1. The normalized spacial score (nSPS) is 10.7. The quantitative estimate of drug-likeness (QED) is 0.444. The molecule has 0 aliphatic carbocycles. The second kappa shape index (κ2) is 10.4. The van der Waals surface area contributed by atoms with E-state index in [-0.39, 0.29) is 11.1 Å². The number of rotatable bonds is 9. The molecule has 0 amide bonds. The van der Waals surface area contributed by atoms with E-state index in [9.17, 15) is 9.59 Å². The molecule has 0 saturated heterocycles. The molecule has 1 aromatic carbocycles. The fourth-order valence-corrected chi connectivity index (χ4v) is 2.35. The Bertz CT molecular complexity index is 526. The van der Waals surface area contributed by atoms with Crippen molar-refractivity contribution in [3.8, 4) is 0 Å². The highest BCUT2D eigenvalue weighted by atomic mass is 79.9. The Morgan fingerprint density at radius 3 is 2.26 bits per heavy atom. The van der Waals surface area contributed by atoms with E-state index in [4.69, 9.17) is 9.47 Å². The van der Waals surface area contributed by atoms with E-state index in [1.807, 2.05) is 6.92 Å². The van der Waals surface area contributed by atoms with Gasteiger partial charge in [0.2, 0.25) is 0 Å². The minimum Gasteiger partial charge on any atom is -0.462 e. The molecule has 0 aliphatic rings. The summed E-state index contributed by atoms with van der Waals surface area (Å²) in [6, 6.07) is 4.90. The topological polar surface area (TPSA) is 52.6 Å². The number of carbonyl (C=O) groups excluding carboxylic acids is 2. The Labute approximate surface area is 146 Å². The smallest absolute Gasteiger partial charge is 0.339 e. The van der Waals surface area contributed by atoms with Gasteiger partial charge >= 0.3 is 11.9 Å². The van der Waals surface area contributed by atoms with Crippen LogP contribution < -0.4 is 0 Å². The minimum atomic E-state index is -0.488. The van der Waals surface area contributed by atoms with E-state index in [0.717, 1.165) is 30.2 Å². The standard InChI is InChI=1S/C18H25BrO4/c1-4-5-10-22-17(20)15-9-8-14(19)12-16(15)18(21)23-11-6-7-13(2)3/h8-9,12-13H,4-7,10-11H2,1-3H3. The molecule has 0 heterocycles. The molecule has 1 aromatic rings. The molecule has 0 unspecified atom stereocenters. The van der Waals surface area contributed by atoms with Crippen LogP contribution in [0.1, 0.15) is 67.2 Å². The van der Waals surface area contributed by atoms with Crippen molar-refractivity contribution in [1.82, 2.24) is 0 Å². The van der Waals surface area contributed by atoms with Crippen molar-refractivity contribution in [3.63, 3.8) is 0 Å². The van der Waals surface area contributed by atoms with E-state index in [2.05, 4.69) is 29.8 Å². The number of halogens is 1. The number of hydrogen-bond donors (Lipinski definition) is 0. The molecule has 0 bridgehead atoms. The van der Waals surface area contributed by atoms with Crippen LogP contribution in [-0.2, 0) is 9.47 Å². The molecule has 0 N–H and O–H groups in total. The number of unbranched alkanes of at least 4 members (excludes halogenated alkanes) is 1. The summed E-state index contributed by atoms with van der Waals surface area (Å²) >= 11 is 3.32. The Morgan fingerprint density at radius 1 is 1.04 bits per heavy atom. The van der Waals surface area contributed by atoms with E-state index in [1.54, 1.807) is 18.2 Å². The van der Waals surface area contributed by atoms with E-state index in [1.165, 1.54) is 0 Å². The third-order valence-corrected chi connectivity index (χ3v) is 3.80. The molecule has 0 fully saturated rings. The van der Waals surface area contributed by atoms with Crippen LogP contribution in [0.4, 0.5) is 0 Å². The van der Waals surface area contributed by atoms with Crippen LogP contribution in [-0.4, -0.2) is 25.2 Å². The van der Waals surface area contributed by atoms with Crippen LogP contribution in [0.25, 0.3) is 0 Å². The van der Waals surface area contributed by atoms with Gasteiger partial charge in [0.25, 0.3) is 0 Å². The van der Waals surface area contributed by atoms with Crippen LogP contribution in [0.15, 0.2) is 22.7 Å². The van der Waals surface area contributed by atoms with Gasteiger partial charge in [-0.15, -0.1) is 0 Å². The Balaban J connectivity index is 2.73. The Hall–Kier alpha value is -1.36. The minimum absolute atomic E-state index is 0.241. The average Bonchev–Trinajstić information content (AvgIpc) is 2.51. The van der Waals surface area contributed by atoms with Gasteiger partial charge in [0, 0.05) is 4.47 Å². The van der Waals surface area contributed by atoms with Crippen LogP contribution in [0, 0.1) is 5.92 Å². The third kappa shape index (κ3) is 7.16. The molecule has 5 heteroatoms. The highest BCUT2D eigenvalue weighted by Crippen LogP contribution is 2.19. The molecule has 4 nitrogen and oxygen atoms in total. The van der Waals surface area contributed by atoms with Crippen LogP contribution >= 0.6 is 15.9 Å². The zero-order valence-electron chi connectivity index (χ0n) is 14.1. The summed E-state index contributed by atoms with van der Waals surface area (Å²) in [6.45, 7) is 6.98. The van der Waals surface area contributed by atoms with Gasteiger partial charge in [-0.3, -0.25) is 0 Å². The fraction of sp³-hybridized carbons (Fsp3) is 0.556. The number of ether oxygens (including phenoxy) is 2. The van der Waals surface area contributed by atoms with Gasteiger partial charge in [-0.25, -0.2) is 9.59 Å². The summed E-state index contributed by atoms with van der Waals surface area (Å²) in [5.41, 5.74) is 0.489. The SMILES string of the molecule is CCCCOC(=O)c1ccc(Br)cc1C(=O)OCCCC(C)C. The third-order valence-electron chi connectivity index (χ3n) is 3.31. The van der Waals surface area contributed by atoms with Crippen molar-refractivity contribution in [2.75, 3.05) is 13.2 Å². The molecule has 23 heavy (non-hydrogen) atoms. The predicted octanol–water partition coefficient (Wildman–Crippen LogP) is 5.00. The summed E-state index contributed by atoms with van der Waals surface area (Å²) in [4.78, 5) is 24.4. The van der Waals surface area contributed by atoms with E-state index in [0.29, 0.717) is 19.1 Å². The van der Waals surface area contributed by atoms with Gasteiger partial charge in [0.05, 0.1) is 24.3 Å². The van der Waals surface area contributed by atoms with Crippen LogP contribution in [0.5, 0.6) is 0 Å². The zero-order valence-corrected chi connectivity index (χ0v) is 15.6. The lowest BCUT2D eigenvalue weighted by molar-refractivity contribution is 0.0450. The first-order chi connectivity index (χ1) is 11.0. The lowest BCUT2D eigenvalue weighted by Gasteiger charge is -2.11. The summed E-state index contributed by atoms with van der Waals surface area (Å²) < 4.78 is 11.2. The molecule has 0 radical (unpaired) electrons. The van der Waals surface area contributed by atoms with Gasteiger partial charge in [0.15, 0.2) is 0 Å². The van der Waals surface area contributed by atoms with Gasteiger partial charge in [0.1, 0.15) is 0 Å². The molecular weight excluding hydrogens is 360 g/mol. The van der Waals surface area contributed by atoms with Crippen molar-refractivity contribution < 1.29 is 19.1 Å². The lowest BCUT2D eigenvalue weighted by atomic mass is 10.1. The van der Waals surface area contributed by atoms with Crippen LogP contribution in [0.2, 0.25) is 0 Å². The van der Waals surface area contributed by atoms with Gasteiger partial charge in [-0.05, 0) is 43.4 Å². The first-order valence-corrected chi connectivity index (χ1v) is 8.88. The molecule has 0 spiro atoms. The summed E-state index contributed by atoms with van der Waals surface area (Å²) in [5, 5.41) is 0. The Kier molecular flexibility index (Phi) is 8.92. The maximum absolute atomic E-state index is 12.2. The fourth-order valence-electron chi connectivity index (χ4n) is 1.98. The van der Waals surface area contributed by atoms with Crippen molar-refractivity contribution in [2.24, 2.45) is 5.92 Å². The molecular formula is C18H25BrO4. The zero-order chi connectivity index (χ0) is 17.2. The van der Waals surface area contributed by atoms with Gasteiger partial charge in [-0.1, -0.05) is 43.1 Å². The number of esters is 2. The Morgan fingerprint density at radius 2 is 1.65 bits per heavy atom. The molecule has 0 atom stereocenters. The van der Waals surface area contributed by atoms with Crippen LogP contribution in [0.3, 0.4) is 0 Å². The molecule has 0 aromatic heterocycles. The molecule has 128 valence electrons. The second-order valence-corrected chi connectivity index (χ2v) is 6.77. The number of carbonyl (C=O) groups is 2. The van der Waals surface area contributed by atoms with Crippen molar-refractivity contribution in [3.05, 3.63) is 33.8 Å². The predicted molar refractivity (Wildman–Crippen MR) is 93.7 cm³/mol. The average molecular weight is 385 g/mol. The van der Waals surface area contributed by atoms with Gasteiger partial charge < -0.3 is 9.47 Å². The first-order valence-electron chi connectivity index (χ1n) is 8.09. The monoisotopic (exact) mass is 384 g/mol. The van der Waals surface area contributed by atoms with E-state index >= 15 is 0 Å². The molecule has 0 aliphatic heterocycles. The maximum atomic E-state index is 12.2. The highest BCUT2D eigenvalue weighted by Gasteiger charge is 2.20. The van der Waals surface area contributed by atoms with Gasteiger partial charge in [-0.2, -0.15) is 0 Å². The van der Waals surface area contributed by atoms with Crippen molar-refractivity contribution in [2.45, 2.75) is 46.5 Å². The number of hydrogen-bond acceptors (Lipinski definition) is 4. The summed E-state index contributed by atoms with van der Waals surface area (Å²) in [7, 11) is 0. The maximum Gasteiger partial charge on any atom is 0.339 e. The summed E-state index contributed by atoms with van der Waals surface area (Å²) in [5.74, 6) is -0.402. The van der Waals surface area contributed by atoms with E-state index < -0.39 is 11.9 Å². The lowest BCUT2D eigenvalue weighted by Crippen LogP contribution is -2.15. The highest BCUT2D eigenvalue weighted by molar-refractivity contribution is 9.10. The summed E-state index contributed by atoms with van der Waals surface area (Å²) in [6.07, 6.45) is 3.56. The van der Waals surface area contributed by atoms with Crippen molar-refractivity contribution in [1.29, 1.82) is 0 Å². The molecule has 1 rings (SSSR count).